The summed E-state index contributed by atoms with van der Waals surface area (Å²) in [6, 6.07) is 5.15. The number of nitrogens with one attached hydrogen (secondary N) is 1. The maximum atomic E-state index is 12.2. The van der Waals surface area contributed by atoms with Crippen molar-refractivity contribution >= 4 is 23.3 Å². The number of anilines is 1. The Balaban J connectivity index is 2.14. The average Bonchev–Trinajstić information content (AvgIpc) is 2.47. The number of rotatable bonds is 1. The normalized spacial score (nSPS) is 14.4. The lowest BCUT2D eigenvalue weighted by atomic mass is 10.1. The second-order valence-electron chi connectivity index (χ2n) is 4.67. The summed E-state index contributed by atoms with van der Waals surface area (Å²) in [5.74, 6) is 5.73. The fraction of sp³-hybridized carbons (Fsp3) is 0.400. The van der Waals surface area contributed by atoms with E-state index in [9.17, 15) is 4.79 Å². The molecule has 3 N–H and O–H groups in total. The molecule has 0 unspecified atom stereocenters. The molecule has 0 radical (unpaired) electrons. The van der Waals surface area contributed by atoms with E-state index in [-0.39, 0.29) is 12.6 Å². The first-order valence-electron chi connectivity index (χ1n) is 6.75. The largest absolute Gasteiger partial charge is 0.325 e. The third-order valence-corrected chi connectivity index (χ3v) is 3.43. The maximum absolute atomic E-state index is 12.2. The molecule has 0 saturated carbocycles. The van der Waals surface area contributed by atoms with Crippen LogP contribution in [0.5, 0.6) is 0 Å². The predicted octanol–water partition coefficient (Wildman–Crippen LogP) is 2.67. The molecule has 0 atom stereocenters. The summed E-state index contributed by atoms with van der Waals surface area (Å²) < 4.78 is 0. The van der Waals surface area contributed by atoms with Crippen molar-refractivity contribution in [3.63, 3.8) is 0 Å². The fourth-order valence-corrected chi connectivity index (χ4v) is 2.34. The number of amides is 2. The van der Waals surface area contributed by atoms with Crippen LogP contribution in [0.15, 0.2) is 18.2 Å². The summed E-state index contributed by atoms with van der Waals surface area (Å²) in [7, 11) is 0. The lowest BCUT2D eigenvalue weighted by Crippen LogP contribution is -2.38. The van der Waals surface area contributed by atoms with Gasteiger partial charge in [0.25, 0.3) is 0 Å². The van der Waals surface area contributed by atoms with Gasteiger partial charge >= 0.3 is 6.03 Å². The number of carbonyl (C=O) groups excluding carboxylic acids is 1. The summed E-state index contributed by atoms with van der Waals surface area (Å²) in [5.41, 5.74) is 6.74. The van der Waals surface area contributed by atoms with Crippen LogP contribution in [0.2, 0.25) is 5.02 Å². The van der Waals surface area contributed by atoms with E-state index in [1.165, 1.54) is 6.42 Å². The van der Waals surface area contributed by atoms with Crippen LogP contribution in [0.4, 0.5) is 10.5 Å². The molecule has 20 heavy (non-hydrogen) atoms. The van der Waals surface area contributed by atoms with E-state index in [4.69, 9.17) is 17.3 Å². The SMILES string of the molecule is NCC#Cc1ccc(Cl)cc1NC(=O)N1CCCCC1. The van der Waals surface area contributed by atoms with Crippen LogP contribution in [0.25, 0.3) is 0 Å². The fourth-order valence-electron chi connectivity index (χ4n) is 2.17. The molecule has 2 amide bonds. The Hall–Kier alpha value is -1.70. The summed E-state index contributed by atoms with van der Waals surface area (Å²) in [6.07, 6.45) is 3.31. The van der Waals surface area contributed by atoms with Crippen molar-refractivity contribution in [2.75, 3.05) is 25.0 Å². The van der Waals surface area contributed by atoms with Gasteiger partial charge in [0.1, 0.15) is 0 Å². The van der Waals surface area contributed by atoms with Crippen LogP contribution in [-0.4, -0.2) is 30.6 Å². The number of hydrogen-bond donors (Lipinski definition) is 2. The third kappa shape index (κ3) is 3.89. The second-order valence-corrected chi connectivity index (χ2v) is 5.11. The van der Waals surface area contributed by atoms with E-state index in [0.29, 0.717) is 10.7 Å². The standard InChI is InChI=1S/C15H18ClN3O/c16-13-7-6-12(5-4-8-17)14(11-13)18-15(20)19-9-2-1-3-10-19/h6-7,11H,1-3,8-10,17H2,(H,18,20). The summed E-state index contributed by atoms with van der Waals surface area (Å²) in [6.45, 7) is 1.88. The van der Waals surface area contributed by atoms with E-state index in [2.05, 4.69) is 17.2 Å². The summed E-state index contributed by atoms with van der Waals surface area (Å²) in [5, 5.41) is 3.46. The Labute approximate surface area is 124 Å². The Morgan fingerprint density at radius 3 is 2.80 bits per heavy atom. The minimum Gasteiger partial charge on any atom is -0.325 e. The Kier molecular flexibility index (Phi) is 5.28. The molecule has 0 aliphatic carbocycles. The number of piperidine rings is 1. The molecule has 1 heterocycles. The van der Waals surface area contributed by atoms with Crippen LogP contribution in [-0.2, 0) is 0 Å². The van der Waals surface area contributed by atoms with Gasteiger partial charge in [-0.1, -0.05) is 23.4 Å². The topological polar surface area (TPSA) is 58.4 Å². The lowest BCUT2D eigenvalue weighted by molar-refractivity contribution is 0.200. The highest BCUT2D eigenvalue weighted by Gasteiger charge is 2.17. The van der Waals surface area contributed by atoms with Gasteiger partial charge in [-0.25, -0.2) is 4.79 Å². The number of nitrogens with zero attached hydrogens (tertiary/aromatic N) is 1. The van der Waals surface area contributed by atoms with Crippen molar-refractivity contribution in [3.05, 3.63) is 28.8 Å². The number of hydrogen-bond acceptors (Lipinski definition) is 2. The first kappa shape index (κ1) is 14.7. The molecule has 1 aromatic carbocycles. The molecule has 0 aromatic heterocycles. The molecule has 1 aromatic rings. The molecule has 0 spiro atoms. The summed E-state index contributed by atoms with van der Waals surface area (Å²) in [4.78, 5) is 14.0. The molecule has 1 aliphatic rings. The van der Waals surface area contributed by atoms with Crippen LogP contribution >= 0.6 is 11.6 Å². The van der Waals surface area contributed by atoms with Gasteiger partial charge in [0, 0.05) is 23.7 Å². The van der Waals surface area contributed by atoms with Crippen molar-refractivity contribution in [1.29, 1.82) is 0 Å². The number of nitrogens with two attached hydrogens (primary N) is 1. The number of halogens is 1. The van der Waals surface area contributed by atoms with E-state index < -0.39 is 0 Å². The molecule has 1 aliphatic heterocycles. The predicted molar refractivity (Wildman–Crippen MR) is 81.8 cm³/mol. The van der Waals surface area contributed by atoms with Crippen LogP contribution in [0, 0.1) is 11.8 Å². The first-order chi connectivity index (χ1) is 9.70. The van der Waals surface area contributed by atoms with Crippen LogP contribution in [0.3, 0.4) is 0 Å². The quantitative estimate of drug-likeness (QED) is 0.782. The monoisotopic (exact) mass is 291 g/mol. The summed E-state index contributed by atoms with van der Waals surface area (Å²) >= 11 is 5.98. The smallest absolute Gasteiger partial charge is 0.321 e. The molecule has 2 rings (SSSR count). The Bertz CT molecular complexity index is 542. The van der Waals surface area contributed by atoms with Gasteiger partial charge in [-0.15, -0.1) is 0 Å². The van der Waals surface area contributed by atoms with Gasteiger partial charge in [0.15, 0.2) is 0 Å². The third-order valence-electron chi connectivity index (χ3n) is 3.19. The highest BCUT2D eigenvalue weighted by Crippen LogP contribution is 2.21. The van der Waals surface area contributed by atoms with E-state index in [0.717, 1.165) is 31.5 Å². The molecule has 106 valence electrons. The van der Waals surface area contributed by atoms with E-state index in [1.54, 1.807) is 18.2 Å². The zero-order valence-electron chi connectivity index (χ0n) is 11.3. The molecule has 1 saturated heterocycles. The van der Waals surface area contributed by atoms with E-state index >= 15 is 0 Å². The van der Waals surface area contributed by atoms with Crippen LogP contribution < -0.4 is 11.1 Å². The molecule has 4 nitrogen and oxygen atoms in total. The molecular formula is C15H18ClN3O. The van der Waals surface area contributed by atoms with Gasteiger partial charge in [0.2, 0.25) is 0 Å². The van der Waals surface area contributed by atoms with Crippen molar-refractivity contribution in [1.82, 2.24) is 4.90 Å². The molecule has 5 heteroatoms. The van der Waals surface area contributed by atoms with Crippen LogP contribution in [0.1, 0.15) is 24.8 Å². The number of carbonyl (C=O) groups is 1. The minimum absolute atomic E-state index is 0.0947. The maximum Gasteiger partial charge on any atom is 0.321 e. The number of urea groups is 1. The average molecular weight is 292 g/mol. The van der Waals surface area contributed by atoms with Gasteiger partial charge in [-0.05, 0) is 37.5 Å². The van der Waals surface area contributed by atoms with Crippen molar-refractivity contribution in [2.24, 2.45) is 5.73 Å². The van der Waals surface area contributed by atoms with Crippen molar-refractivity contribution in [3.8, 4) is 11.8 Å². The number of benzene rings is 1. The Morgan fingerprint density at radius 1 is 1.35 bits per heavy atom. The Morgan fingerprint density at radius 2 is 2.10 bits per heavy atom. The van der Waals surface area contributed by atoms with Crippen molar-refractivity contribution < 1.29 is 4.79 Å². The first-order valence-corrected chi connectivity index (χ1v) is 7.13. The number of likely N-dealkylation sites (tertiary alicyclic amines) is 1. The zero-order valence-corrected chi connectivity index (χ0v) is 12.0. The second kappa shape index (κ2) is 7.18. The lowest BCUT2D eigenvalue weighted by Gasteiger charge is -2.27. The van der Waals surface area contributed by atoms with Gasteiger partial charge in [0.05, 0.1) is 12.2 Å². The molecular weight excluding hydrogens is 274 g/mol. The van der Waals surface area contributed by atoms with E-state index in [1.807, 2.05) is 4.90 Å². The van der Waals surface area contributed by atoms with Gasteiger partial charge < -0.3 is 16.0 Å². The highest BCUT2D eigenvalue weighted by molar-refractivity contribution is 6.31. The minimum atomic E-state index is -0.0947. The molecule has 0 bridgehead atoms. The van der Waals surface area contributed by atoms with Gasteiger partial charge in [-0.3, -0.25) is 0 Å². The molecule has 1 fully saturated rings. The highest BCUT2D eigenvalue weighted by atomic mass is 35.5. The zero-order chi connectivity index (χ0) is 14.4. The van der Waals surface area contributed by atoms with Crippen molar-refractivity contribution in [2.45, 2.75) is 19.3 Å². The van der Waals surface area contributed by atoms with Gasteiger partial charge in [-0.2, -0.15) is 0 Å².